The van der Waals surface area contributed by atoms with Gasteiger partial charge in [0.05, 0.1) is 10.6 Å². The van der Waals surface area contributed by atoms with E-state index in [1.54, 1.807) is 25.1 Å². The van der Waals surface area contributed by atoms with Crippen molar-refractivity contribution in [1.29, 1.82) is 0 Å². The lowest BCUT2D eigenvalue weighted by atomic mass is 10.1. The van der Waals surface area contributed by atoms with Crippen LogP contribution in [0.1, 0.15) is 44.6 Å². The Balaban J connectivity index is 1.71. The number of carbonyl (C=O) groups excluding carboxylic acids is 2. The predicted octanol–water partition coefficient (Wildman–Crippen LogP) is 6.19. The molecule has 1 aliphatic rings. The first-order valence-corrected chi connectivity index (χ1v) is 15.7. The summed E-state index contributed by atoms with van der Waals surface area (Å²) in [5.74, 6) is -1.33. The van der Waals surface area contributed by atoms with Crippen molar-refractivity contribution >= 4 is 50.7 Å². The van der Waals surface area contributed by atoms with E-state index in [0.717, 1.165) is 30.0 Å². The zero-order valence-electron chi connectivity index (χ0n) is 22.6. The van der Waals surface area contributed by atoms with Crippen LogP contribution >= 0.6 is 23.2 Å². The molecule has 4 rings (SSSR count). The second kappa shape index (κ2) is 13.7. The molecule has 218 valence electrons. The molecule has 7 nitrogen and oxygen atoms in total. The lowest BCUT2D eigenvalue weighted by Crippen LogP contribution is -2.53. The van der Waals surface area contributed by atoms with Gasteiger partial charge >= 0.3 is 0 Å². The number of benzene rings is 3. The highest BCUT2D eigenvalue weighted by molar-refractivity contribution is 7.92. The van der Waals surface area contributed by atoms with Crippen LogP contribution in [-0.4, -0.2) is 43.8 Å². The Kier molecular flexibility index (Phi) is 10.3. The summed E-state index contributed by atoms with van der Waals surface area (Å²) in [5, 5.41) is 3.71. The minimum atomic E-state index is -4.25. The van der Waals surface area contributed by atoms with E-state index >= 15 is 0 Å². The second-order valence-electron chi connectivity index (χ2n) is 10.0. The maximum absolute atomic E-state index is 14.1. The molecule has 2 amide bonds. The zero-order valence-corrected chi connectivity index (χ0v) is 24.9. The van der Waals surface area contributed by atoms with Gasteiger partial charge in [0.2, 0.25) is 11.8 Å². The number of halogens is 3. The van der Waals surface area contributed by atoms with Crippen molar-refractivity contribution in [3.05, 3.63) is 94.2 Å². The summed E-state index contributed by atoms with van der Waals surface area (Å²) in [7, 11) is -4.25. The summed E-state index contributed by atoms with van der Waals surface area (Å²) in [6.07, 6.45) is 4.09. The van der Waals surface area contributed by atoms with E-state index in [0.29, 0.717) is 17.0 Å². The van der Waals surface area contributed by atoms with Gasteiger partial charge in [0.15, 0.2) is 0 Å². The lowest BCUT2D eigenvalue weighted by molar-refractivity contribution is -0.140. The van der Waals surface area contributed by atoms with Crippen LogP contribution in [0.5, 0.6) is 0 Å². The van der Waals surface area contributed by atoms with Crippen molar-refractivity contribution in [2.24, 2.45) is 0 Å². The van der Waals surface area contributed by atoms with Gasteiger partial charge in [-0.2, -0.15) is 0 Å². The van der Waals surface area contributed by atoms with Gasteiger partial charge in [-0.3, -0.25) is 13.9 Å². The monoisotopic (exact) mass is 619 g/mol. The van der Waals surface area contributed by atoms with Crippen molar-refractivity contribution in [1.82, 2.24) is 10.2 Å². The Labute approximate surface area is 250 Å². The van der Waals surface area contributed by atoms with Gasteiger partial charge in [0.25, 0.3) is 10.0 Å². The maximum Gasteiger partial charge on any atom is 0.264 e. The summed E-state index contributed by atoms with van der Waals surface area (Å²) in [6, 6.07) is 16.6. The van der Waals surface area contributed by atoms with Crippen molar-refractivity contribution in [2.45, 2.75) is 62.6 Å². The number of sulfonamides is 1. The molecule has 1 aliphatic carbocycles. The average molecular weight is 621 g/mol. The Morgan fingerprint density at radius 1 is 0.976 bits per heavy atom. The molecule has 0 unspecified atom stereocenters. The summed E-state index contributed by atoms with van der Waals surface area (Å²) >= 11 is 12.2. The number of rotatable bonds is 11. The number of nitrogens with one attached hydrogen (secondary N) is 1. The van der Waals surface area contributed by atoms with Crippen LogP contribution in [0.2, 0.25) is 10.0 Å². The third-order valence-electron chi connectivity index (χ3n) is 7.13. The quantitative estimate of drug-likeness (QED) is 0.277. The highest BCUT2D eigenvalue weighted by Gasteiger charge is 2.34. The number of hydrogen-bond donors (Lipinski definition) is 1. The number of hydrogen-bond acceptors (Lipinski definition) is 4. The Bertz CT molecular complexity index is 1460. The molecule has 0 heterocycles. The van der Waals surface area contributed by atoms with Crippen LogP contribution in [0.25, 0.3) is 0 Å². The fourth-order valence-electron chi connectivity index (χ4n) is 4.97. The topological polar surface area (TPSA) is 86.8 Å². The molecule has 11 heteroatoms. The molecule has 1 N–H and O–H groups in total. The number of nitrogens with zero attached hydrogens (tertiary/aromatic N) is 2. The smallest absolute Gasteiger partial charge is 0.264 e. The largest absolute Gasteiger partial charge is 0.352 e. The normalized spacial score (nSPS) is 14.4. The van der Waals surface area contributed by atoms with E-state index in [9.17, 15) is 22.4 Å². The van der Waals surface area contributed by atoms with Gasteiger partial charge in [0.1, 0.15) is 18.4 Å². The summed E-state index contributed by atoms with van der Waals surface area (Å²) in [6.45, 7) is 1.18. The van der Waals surface area contributed by atoms with E-state index in [4.69, 9.17) is 23.2 Å². The number of carbonyl (C=O) groups is 2. The molecule has 1 atom stereocenters. The van der Waals surface area contributed by atoms with E-state index in [2.05, 4.69) is 5.32 Å². The van der Waals surface area contributed by atoms with Gasteiger partial charge in [0, 0.05) is 22.6 Å². The third kappa shape index (κ3) is 7.78. The number of anilines is 1. The minimum absolute atomic E-state index is 0.0138. The van der Waals surface area contributed by atoms with Crippen molar-refractivity contribution in [2.75, 3.05) is 10.8 Å². The van der Waals surface area contributed by atoms with Gasteiger partial charge in [-0.1, -0.05) is 61.2 Å². The highest BCUT2D eigenvalue weighted by atomic mass is 35.5. The molecule has 41 heavy (non-hydrogen) atoms. The SMILES string of the molecule is CC[C@@H](C(=O)NC1CCCC1)N(Cc1ccc(F)cc1)C(=O)CN(c1cccc(Cl)c1)S(=O)(=O)c1ccc(Cl)cc1. The van der Waals surface area contributed by atoms with Gasteiger partial charge in [-0.05, 0) is 79.4 Å². The van der Waals surface area contributed by atoms with Crippen LogP contribution in [0.15, 0.2) is 77.7 Å². The van der Waals surface area contributed by atoms with Crippen LogP contribution in [0.3, 0.4) is 0 Å². The Morgan fingerprint density at radius 3 is 2.24 bits per heavy atom. The lowest BCUT2D eigenvalue weighted by Gasteiger charge is -2.33. The molecule has 1 saturated carbocycles. The first-order chi connectivity index (χ1) is 19.6. The van der Waals surface area contributed by atoms with Gasteiger partial charge in [-0.25, -0.2) is 12.8 Å². The van der Waals surface area contributed by atoms with Gasteiger partial charge < -0.3 is 10.2 Å². The molecule has 0 aliphatic heterocycles. The molecule has 0 spiro atoms. The molecule has 3 aromatic carbocycles. The van der Waals surface area contributed by atoms with Crippen LogP contribution in [0.4, 0.5) is 10.1 Å². The third-order valence-corrected chi connectivity index (χ3v) is 9.41. The van der Waals surface area contributed by atoms with E-state index in [1.807, 2.05) is 0 Å². The highest BCUT2D eigenvalue weighted by Crippen LogP contribution is 2.28. The molecule has 0 saturated heterocycles. The van der Waals surface area contributed by atoms with Crippen molar-refractivity contribution < 1.29 is 22.4 Å². The standard InChI is InChI=1S/C30H32Cl2FN3O4S/c1-2-28(30(38)34-25-7-3-4-8-25)35(19-21-10-14-24(33)15-11-21)29(37)20-36(26-9-5-6-23(32)18-26)41(39,40)27-16-12-22(31)13-17-27/h5-6,9-18,25,28H,2-4,7-8,19-20H2,1H3,(H,34,38)/t28-/m0/s1. The second-order valence-corrected chi connectivity index (χ2v) is 12.7. The molecule has 0 bridgehead atoms. The molecule has 1 fully saturated rings. The Hall–Kier alpha value is -3.14. The summed E-state index contributed by atoms with van der Waals surface area (Å²) in [5.41, 5.74) is 0.785. The summed E-state index contributed by atoms with van der Waals surface area (Å²) in [4.78, 5) is 28.8. The molecule has 0 aromatic heterocycles. The van der Waals surface area contributed by atoms with Crippen molar-refractivity contribution in [3.8, 4) is 0 Å². The minimum Gasteiger partial charge on any atom is -0.352 e. The van der Waals surface area contributed by atoms with Crippen LogP contribution < -0.4 is 9.62 Å². The first-order valence-electron chi connectivity index (χ1n) is 13.5. The van der Waals surface area contributed by atoms with Gasteiger partial charge in [-0.15, -0.1) is 0 Å². The van der Waals surface area contributed by atoms with Crippen molar-refractivity contribution in [3.63, 3.8) is 0 Å². The molecular formula is C30H32Cl2FN3O4S. The number of amides is 2. The van der Waals surface area contributed by atoms with E-state index < -0.39 is 34.3 Å². The molecular weight excluding hydrogens is 588 g/mol. The first kappa shape index (κ1) is 30.8. The van der Waals surface area contributed by atoms with E-state index in [1.165, 1.54) is 59.5 Å². The average Bonchev–Trinajstić information content (AvgIpc) is 3.45. The summed E-state index contributed by atoms with van der Waals surface area (Å²) < 4.78 is 42.3. The van der Waals surface area contributed by atoms with Crippen LogP contribution in [-0.2, 0) is 26.2 Å². The fourth-order valence-corrected chi connectivity index (χ4v) is 6.68. The molecule has 0 radical (unpaired) electrons. The maximum atomic E-state index is 14.1. The molecule has 3 aromatic rings. The fraction of sp³-hybridized carbons (Fsp3) is 0.333. The predicted molar refractivity (Wildman–Crippen MR) is 159 cm³/mol. The zero-order chi connectivity index (χ0) is 29.6. The van der Waals surface area contributed by atoms with Crippen LogP contribution in [0, 0.1) is 5.82 Å². The van der Waals surface area contributed by atoms with E-state index in [-0.39, 0.29) is 34.1 Å². The Morgan fingerprint density at radius 2 is 1.63 bits per heavy atom.